The van der Waals surface area contributed by atoms with Crippen LogP contribution in [-0.4, -0.2) is 40.8 Å². The first-order chi connectivity index (χ1) is 15.0. The molecule has 1 aliphatic rings. The maximum atomic E-state index is 13.4. The van der Waals surface area contributed by atoms with Crippen LogP contribution in [0.1, 0.15) is 26.4 Å². The number of carbonyl (C=O) groups is 2. The molecule has 0 N–H and O–H groups in total. The summed E-state index contributed by atoms with van der Waals surface area (Å²) in [7, 11) is 3.10. The number of anilines is 1. The Kier molecular flexibility index (Phi) is 4.21. The molecule has 2 aromatic carbocycles. The van der Waals surface area contributed by atoms with E-state index in [0.29, 0.717) is 33.7 Å². The quantitative estimate of drug-likeness (QED) is 0.475. The first kappa shape index (κ1) is 18.8. The number of imide groups is 1. The van der Waals surface area contributed by atoms with E-state index in [1.54, 1.807) is 43.0 Å². The van der Waals surface area contributed by atoms with Gasteiger partial charge in [-0.15, -0.1) is 0 Å². The highest BCUT2D eigenvalue weighted by atomic mass is 16.5. The molecule has 0 atom stereocenters. The molecule has 1 aliphatic heterocycles. The van der Waals surface area contributed by atoms with Gasteiger partial charge >= 0.3 is 0 Å². The summed E-state index contributed by atoms with van der Waals surface area (Å²) in [6.07, 6.45) is 1.44. The number of rotatable bonds is 4. The van der Waals surface area contributed by atoms with Crippen LogP contribution in [0.3, 0.4) is 0 Å². The fourth-order valence-electron chi connectivity index (χ4n) is 3.90. The van der Waals surface area contributed by atoms with Gasteiger partial charge in [0, 0.05) is 6.20 Å². The Hall–Kier alpha value is -4.20. The largest absolute Gasteiger partial charge is 0.497 e. The standard InChI is InChI=1S/C23H18N4O4/c1-13-19-20-16(22(28)26(23(20)29)17-6-4-5-7-18(17)31-3)12-24-21(19)27(25-13)14-8-10-15(30-2)11-9-14/h4-12H,1-3H3. The van der Waals surface area contributed by atoms with Gasteiger partial charge in [-0.3, -0.25) is 9.59 Å². The smallest absolute Gasteiger partial charge is 0.267 e. The molecule has 8 nitrogen and oxygen atoms in total. The van der Waals surface area contributed by atoms with Crippen molar-refractivity contribution in [1.29, 1.82) is 0 Å². The number of benzene rings is 2. The van der Waals surface area contributed by atoms with E-state index in [1.165, 1.54) is 13.3 Å². The zero-order chi connectivity index (χ0) is 21.7. The van der Waals surface area contributed by atoms with Crippen molar-refractivity contribution in [3.63, 3.8) is 0 Å². The molecule has 3 heterocycles. The Bertz CT molecular complexity index is 1360. The van der Waals surface area contributed by atoms with Gasteiger partial charge < -0.3 is 9.47 Å². The van der Waals surface area contributed by atoms with Crippen LogP contribution in [-0.2, 0) is 0 Å². The van der Waals surface area contributed by atoms with Crippen LogP contribution >= 0.6 is 0 Å². The molecule has 4 aromatic rings. The van der Waals surface area contributed by atoms with Crippen LogP contribution in [0.4, 0.5) is 5.69 Å². The number of pyridine rings is 1. The predicted octanol–water partition coefficient (Wildman–Crippen LogP) is 3.55. The molecule has 2 amide bonds. The Morgan fingerprint density at radius 1 is 0.903 bits per heavy atom. The Labute approximate surface area is 177 Å². The van der Waals surface area contributed by atoms with Crippen molar-refractivity contribution in [3.05, 3.63) is 71.5 Å². The lowest BCUT2D eigenvalue weighted by Crippen LogP contribution is -2.29. The van der Waals surface area contributed by atoms with Crippen LogP contribution in [0, 0.1) is 6.92 Å². The third-order valence-corrected chi connectivity index (χ3v) is 5.36. The van der Waals surface area contributed by atoms with E-state index < -0.39 is 11.8 Å². The molecule has 0 saturated heterocycles. The summed E-state index contributed by atoms with van der Waals surface area (Å²) in [4.78, 5) is 32.2. The minimum Gasteiger partial charge on any atom is -0.497 e. The van der Waals surface area contributed by atoms with Crippen LogP contribution in [0.25, 0.3) is 16.7 Å². The van der Waals surface area contributed by atoms with Gasteiger partial charge in [-0.1, -0.05) is 12.1 Å². The second kappa shape index (κ2) is 6.94. The fourth-order valence-corrected chi connectivity index (χ4v) is 3.90. The molecular weight excluding hydrogens is 396 g/mol. The van der Waals surface area contributed by atoms with Gasteiger partial charge in [-0.25, -0.2) is 14.6 Å². The average Bonchev–Trinajstić information content (AvgIpc) is 3.27. The SMILES string of the molecule is COc1ccc(-n2nc(C)c3c4c(cnc32)C(=O)N(c2ccccc2OC)C4=O)cc1. The minimum atomic E-state index is -0.435. The van der Waals surface area contributed by atoms with E-state index in [9.17, 15) is 9.59 Å². The number of fused-ring (bicyclic) bond motifs is 3. The molecule has 0 unspecified atom stereocenters. The van der Waals surface area contributed by atoms with Crippen molar-refractivity contribution in [2.45, 2.75) is 6.92 Å². The highest BCUT2D eigenvalue weighted by molar-refractivity contribution is 6.37. The number of hydrogen-bond acceptors (Lipinski definition) is 6. The van der Waals surface area contributed by atoms with Crippen LogP contribution in [0.15, 0.2) is 54.7 Å². The van der Waals surface area contributed by atoms with Gasteiger partial charge in [0.2, 0.25) is 0 Å². The molecule has 31 heavy (non-hydrogen) atoms. The number of aryl methyl sites for hydroxylation is 1. The summed E-state index contributed by atoms with van der Waals surface area (Å²) in [6, 6.07) is 14.3. The number of carbonyl (C=O) groups excluding carboxylic acids is 2. The van der Waals surface area contributed by atoms with Crippen molar-refractivity contribution in [1.82, 2.24) is 14.8 Å². The second-order valence-electron chi connectivity index (χ2n) is 7.06. The number of methoxy groups -OCH3 is 2. The third kappa shape index (κ3) is 2.68. The van der Waals surface area contributed by atoms with Crippen molar-refractivity contribution in [3.8, 4) is 17.2 Å². The molecular formula is C23H18N4O4. The summed E-state index contributed by atoms with van der Waals surface area (Å²) in [5, 5.41) is 5.15. The molecule has 0 saturated carbocycles. The molecule has 0 aliphatic carbocycles. The monoisotopic (exact) mass is 414 g/mol. The Balaban J connectivity index is 1.69. The number of hydrogen-bond donors (Lipinski definition) is 0. The van der Waals surface area contributed by atoms with Gasteiger partial charge in [0.15, 0.2) is 5.65 Å². The first-order valence-corrected chi connectivity index (χ1v) is 9.59. The van der Waals surface area contributed by atoms with Crippen molar-refractivity contribution in [2.75, 3.05) is 19.1 Å². The number of ether oxygens (including phenoxy) is 2. The Morgan fingerprint density at radius 3 is 2.35 bits per heavy atom. The number of nitrogens with zero attached hydrogens (tertiary/aromatic N) is 4. The highest BCUT2D eigenvalue weighted by Crippen LogP contribution is 2.37. The lowest BCUT2D eigenvalue weighted by atomic mass is 10.1. The second-order valence-corrected chi connectivity index (χ2v) is 7.06. The van der Waals surface area contributed by atoms with Crippen molar-refractivity contribution < 1.29 is 19.1 Å². The molecule has 8 heteroatoms. The molecule has 154 valence electrons. The highest BCUT2D eigenvalue weighted by Gasteiger charge is 2.41. The summed E-state index contributed by atoms with van der Waals surface area (Å²) in [6.45, 7) is 1.80. The zero-order valence-corrected chi connectivity index (χ0v) is 17.1. The summed E-state index contributed by atoms with van der Waals surface area (Å²) >= 11 is 0. The van der Waals surface area contributed by atoms with E-state index in [1.807, 2.05) is 24.3 Å². The Morgan fingerprint density at radius 2 is 1.65 bits per heavy atom. The maximum Gasteiger partial charge on any atom is 0.267 e. The summed E-state index contributed by atoms with van der Waals surface area (Å²) in [5.74, 6) is 0.302. The molecule has 0 radical (unpaired) electrons. The number of para-hydroxylation sites is 2. The van der Waals surface area contributed by atoms with Crippen molar-refractivity contribution in [2.24, 2.45) is 0 Å². The molecule has 0 spiro atoms. The maximum absolute atomic E-state index is 13.4. The zero-order valence-electron chi connectivity index (χ0n) is 17.1. The number of aromatic nitrogens is 3. The molecule has 2 aromatic heterocycles. The van der Waals surface area contributed by atoms with Gasteiger partial charge in [0.25, 0.3) is 11.8 Å². The average molecular weight is 414 g/mol. The van der Waals surface area contributed by atoms with E-state index in [2.05, 4.69) is 10.1 Å². The van der Waals surface area contributed by atoms with E-state index in [0.717, 1.165) is 16.3 Å². The van der Waals surface area contributed by atoms with Gasteiger partial charge in [0.05, 0.1) is 47.8 Å². The van der Waals surface area contributed by atoms with Crippen LogP contribution in [0.5, 0.6) is 11.5 Å². The number of amides is 2. The van der Waals surface area contributed by atoms with E-state index >= 15 is 0 Å². The molecule has 0 bridgehead atoms. The minimum absolute atomic E-state index is 0.251. The lowest BCUT2D eigenvalue weighted by molar-refractivity contribution is 0.0925. The van der Waals surface area contributed by atoms with E-state index in [-0.39, 0.29) is 5.56 Å². The van der Waals surface area contributed by atoms with E-state index in [4.69, 9.17) is 9.47 Å². The molecule has 5 rings (SSSR count). The van der Waals surface area contributed by atoms with Gasteiger partial charge in [-0.05, 0) is 43.3 Å². The summed E-state index contributed by atoms with van der Waals surface area (Å²) in [5.41, 5.74) is 2.83. The first-order valence-electron chi connectivity index (χ1n) is 9.59. The van der Waals surface area contributed by atoms with Crippen molar-refractivity contribution >= 4 is 28.5 Å². The third-order valence-electron chi connectivity index (χ3n) is 5.36. The van der Waals surface area contributed by atoms with Crippen LogP contribution in [0.2, 0.25) is 0 Å². The van der Waals surface area contributed by atoms with Gasteiger partial charge in [-0.2, -0.15) is 5.10 Å². The lowest BCUT2D eigenvalue weighted by Gasteiger charge is -2.16. The topological polar surface area (TPSA) is 86.6 Å². The molecule has 0 fully saturated rings. The van der Waals surface area contributed by atoms with Crippen LogP contribution < -0.4 is 14.4 Å². The predicted molar refractivity (Wildman–Crippen MR) is 114 cm³/mol. The fraction of sp³-hybridized carbons (Fsp3) is 0.130. The normalized spacial score (nSPS) is 13.1. The van der Waals surface area contributed by atoms with Gasteiger partial charge in [0.1, 0.15) is 11.5 Å². The summed E-state index contributed by atoms with van der Waals surface area (Å²) < 4.78 is 12.2.